The van der Waals surface area contributed by atoms with Gasteiger partial charge in [-0.1, -0.05) is 58.9 Å². The molecule has 1 aromatic carbocycles. The zero-order chi connectivity index (χ0) is 23.7. The van der Waals surface area contributed by atoms with Crippen LogP contribution in [0.3, 0.4) is 0 Å². The van der Waals surface area contributed by atoms with E-state index in [1.54, 1.807) is 17.0 Å². The maximum atomic E-state index is 12.7. The number of amides is 1. The Kier molecular flexibility index (Phi) is 6.80. The van der Waals surface area contributed by atoms with Crippen LogP contribution >= 0.6 is 11.3 Å². The van der Waals surface area contributed by atoms with Crippen molar-refractivity contribution in [3.8, 4) is 10.4 Å². The number of imidazole rings is 1. The van der Waals surface area contributed by atoms with Crippen molar-refractivity contribution >= 4 is 27.5 Å². The predicted octanol–water partition coefficient (Wildman–Crippen LogP) is 5.11. The van der Waals surface area contributed by atoms with E-state index in [-0.39, 0.29) is 10.3 Å². The summed E-state index contributed by atoms with van der Waals surface area (Å²) in [4.78, 5) is 16.9. The van der Waals surface area contributed by atoms with E-state index in [0.29, 0.717) is 23.8 Å². The molecular formula is C23H29N3O4S2. The van der Waals surface area contributed by atoms with Crippen LogP contribution in [-0.2, 0) is 28.4 Å². The first-order chi connectivity index (χ1) is 14.9. The number of aromatic nitrogens is 2. The minimum atomic E-state index is -4.18. The third kappa shape index (κ3) is 5.58. The molecule has 0 bridgehead atoms. The van der Waals surface area contributed by atoms with Gasteiger partial charge in [-0.15, -0.1) is 11.3 Å². The SMILES string of the molecule is CC(C)Cc1cc(S(=O)(=O)NC(=O)O)c(-c2ccc(Cn3ccnc3C(C)(C)C)cc2)s1. The highest BCUT2D eigenvalue weighted by molar-refractivity contribution is 7.90. The van der Waals surface area contributed by atoms with E-state index < -0.39 is 16.1 Å². The molecular weight excluding hydrogens is 446 g/mol. The van der Waals surface area contributed by atoms with Gasteiger partial charge < -0.3 is 9.67 Å². The lowest BCUT2D eigenvalue weighted by Crippen LogP contribution is -2.28. The summed E-state index contributed by atoms with van der Waals surface area (Å²) in [5.74, 6) is 1.34. The molecule has 0 spiro atoms. The summed E-state index contributed by atoms with van der Waals surface area (Å²) in [6.07, 6.45) is 2.87. The fraction of sp³-hybridized carbons (Fsp3) is 0.391. The summed E-state index contributed by atoms with van der Waals surface area (Å²) in [6, 6.07) is 9.27. The molecule has 32 heavy (non-hydrogen) atoms. The normalized spacial score (nSPS) is 12.3. The van der Waals surface area contributed by atoms with Gasteiger partial charge in [-0.2, -0.15) is 0 Å². The average molecular weight is 476 g/mol. The summed E-state index contributed by atoms with van der Waals surface area (Å²) in [6.45, 7) is 11.1. The maximum absolute atomic E-state index is 12.7. The second-order valence-corrected chi connectivity index (χ2v) is 12.0. The van der Waals surface area contributed by atoms with Crippen LogP contribution in [0.25, 0.3) is 10.4 Å². The van der Waals surface area contributed by atoms with Gasteiger partial charge in [0.05, 0.1) is 4.88 Å². The number of nitrogens with one attached hydrogen (secondary N) is 1. The highest BCUT2D eigenvalue weighted by atomic mass is 32.2. The first kappa shape index (κ1) is 24.0. The summed E-state index contributed by atoms with van der Waals surface area (Å²) < 4.78 is 29.1. The molecule has 0 aliphatic heterocycles. The fourth-order valence-electron chi connectivity index (χ4n) is 3.54. The summed E-state index contributed by atoms with van der Waals surface area (Å²) in [7, 11) is -4.18. The smallest absolute Gasteiger partial charge is 0.418 e. The lowest BCUT2D eigenvalue weighted by atomic mass is 9.95. The molecule has 2 N–H and O–H groups in total. The number of sulfonamides is 1. The van der Waals surface area contributed by atoms with Crippen molar-refractivity contribution in [2.75, 3.05) is 0 Å². The molecule has 0 saturated carbocycles. The van der Waals surface area contributed by atoms with Crippen LogP contribution in [0, 0.1) is 5.92 Å². The van der Waals surface area contributed by atoms with Crippen molar-refractivity contribution < 1.29 is 18.3 Å². The molecule has 0 atom stereocenters. The number of thiophene rings is 1. The van der Waals surface area contributed by atoms with Gasteiger partial charge in [0.2, 0.25) is 0 Å². The second kappa shape index (κ2) is 9.07. The summed E-state index contributed by atoms with van der Waals surface area (Å²) in [5.41, 5.74) is 1.72. The highest BCUT2D eigenvalue weighted by Gasteiger charge is 2.25. The summed E-state index contributed by atoms with van der Waals surface area (Å²) in [5, 5.41) is 8.97. The molecule has 3 rings (SSSR count). The van der Waals surface area contributed by atoms with Gasteiger partial charge in [0, 0.05) is 29.2 Å². The third-order valence-electron chi connectivity index (χ3n) is 4.83. The van der Waals surface area contributed by atoms with Crippen molar-refractivity contribution in [3.05, 3.63) is 59.0 Å². The predicted molar refractivity (Wildman–Crippen MR) is 127 cm³/mol. The Morgan fingerprint density at radius 2 is 1.88 bits per heavy atom. The monoisotopic (exact) mass is 475 g/mol. The standard InChI is InChI=1S/C23H29N3O4S2/c1-15(2)12-18-13-19(32(29,30)25-22(27)28)20(31-18)17-8-6-16(7-9-17)14-26-11-10-24-21(26)23(3,4)5/h6-11,13,15,25H,12,14H2,1-5H3,(H,27,28). The van der Waals surface area contributed by atoms with Crippen molar-refractivity contribution in [1.29, 1.82) is 0 Å². The molecule has 3 aromatic rings. The van der Waals surface area contributed by atoms with Crippen LogP contribution in [0.2, 0.25) is 0 Å². The van der Waals surface area contributed by atoms with Crippen LogP contribution in [0.5, 0.6) is 0 Å². The second-order valence-electron chi connectivity index (χ2n) is 9.24. The molecule has 0 aliphatic rings. The molecule has 0 fully saturated rings. The number of rotatable bonds is 7. The van der Waals surface area contributed by atoms with Crippen molar-refractivity contribution in [3.63, 3.8) is 0 Å². The van der Waals surface area contributed by atoms with E-state index >= 15 is 0 Å². The summed E-state index contributed by atoms with van der Waals surface area (Å²) >= 11 is 1.38. The van der Waals surface area contributed by atoms with Crippen LogP contribution in [0.15, 0.2) is 47.6 Å². The Morgan fingerprint density at radius 1 is 1.22 bits per heavy atom. The molecule has 0 saturated heterocycles. The Balaban J connectivity index is 1.95. The van der Waals surface area contributed by atoms with Crippen LogP contribution in [-0.4, -0.2) is 29.2 Å². The molecule has 2 heterocycles. The molecule has 2 aromatic heterocycles. The Morgan fingerprint density at radius 3 is 2.44 bits per heavy atom. The van der Waals surface area contributed by atoms with Gasteiger partial charge in [-0.05, 0) is 29.5 Å². The zero-order valence-electron chi connectivity index (χ0n) is 18.9. The Labute approximate surface area is 193 Å². The number of carbonyl (C=O) groups is 1. The number of carboxylic acid groups (broad SMARTS) is 1. The quantitative estimate of drug-likeness (QED) is 0.494. The minimum absolute atomic E-state index is 0.00192. The third-order valence-corrected chi connectivity index (χ3v) is 7.51. The van der Waals surface area contributed by atoms with Gasteiger partial charge >= 0.3 is 6.09 Å². The number of hydrogen-bond donors (Lipinski definition) is 2. The van der Waals surface area contributed by atoms with E-state index in [2.05, 4.69) is 44.2 Å². The largest absolute Gasteiger partial charge is 0.464 e. The van der Waals surface area contributed by atoms with Gasteiger partial charge in [0.1, 0.15) is 10.7 Å². The van der Waals surface area contributed by atoms with E-state index in [9.17, 15) is 13.2 Å². The zero-order valence-corrected chi connectivity index (χ0v) is 20.5. The Bertz CT molecular complexity index is 1200. The highest BCUT2D eigenvalue weighted by Crippen LogP contribution is 2.37. The Hall–Kier alpha value is -2.65. The average Bonchev–Trinajstić information content (AvgIpc) is 3.28. The van der Waals surface area contributed by atoms with Crippen LogP contribution in [0.4, 0.5) is 4.79 Å². The van der Waals surface area contributed by atoms with E-state index in [1.165, 1.54) is 11.3 Å². The van der Waals surface area contributed by atoms with Crippen molar-refractivity contribution in [2.45, 2.75) is 57.9 Å². The van der Waals surface area contributed by atoms with Gasteiger partial charge in [0.25, 0.3) is 10.0 Å². The molecule has 172 valence electrons. The number of benzene rings is 1. The van der Waals surface area contributed by atoms with Crippen molar-refractivity contribution in [2.24, 2.45) is 5.92 Å². The topological polar surface area (TPSA) is 101 Å². The van der Waals surface area contributed by atoms with Crippen molar-refractivity contribution in [1.82, 2.24) is 14.3 Å². The molecule has 0 unspecified atom stereocenters. The van der Waals surface area contributed by atoms with E-state index in [4.69, 9.17) is 5.11 Å². The lowest BCUT2D eigenvalue weighted by Gasteiger charge is -2.20. The van der Waals surface area contributed by atoms with Gasteiger partial charge in [-0.25, -0.2) is 22.9 Å². The van der Waals surface area contributed by atoms with Crippen LogP contribution in [0.1, 0.15) is 50.9 Å². The van der Waals surface area contributed by atoms with E-state index in [0.717, 1.165) is 21.8 Å². The van der Waals surface area contributed by atoms with Gasteiger partial charge in [-0.3, -0.25) is 0 Å². The van der Waals surface area contributed by atoms with Gasteiger partial charge in [0.15, 0.2) is 0 Å². The van der Waals surface area contributed by atoms with Crippen LogP contribution < -0.4 is 4.72 Å². The number of hydrogen-bond acceptors (Lipinski definition) is 5. The maximum Gasteiger partial charge on any atom is 0.418 e. The first-order valence-corrected chi connectivity index (χ1v) is 12.7. The molecule has 0 aliphatic carbocycles. The molecule has 1 amide bonds. The first-order valence-electron chi connectivity index (χ1n) is 10.4. The lowest BCUT2D eigenvalue weighted by molar-refractivity contribution is 0.201. The number of nitrogens with zero attached hydrogens (tertiary/aromatic N) is 2. The van der Waals surface area contributed by atoms with E-state index in [1.807, 2.05) is 30.5 Å². The minimum Gasteiger partial charge on any atom is -0.464 e. The molecule has 0 radical (unpaired) electrons. The fourth-order valence-corrected chi connectivity index (χ4v) is 6.33. The molecule has 7 nitrogen and oxygen atoms in total. The molecule has 9 heteroatoms.